The summed E-state index contributed by atoms with van der Waals surface area (Å²) in [5.74, 6) is -3.26. The van der Waals surface area contributed by atoms with E-state index in [0.29, 0.717) is 18.7 Å². The lowest BCUT2D eigenvalue weighted by Crippen LogP contribution is -2.45. The van der Waals surface area contributed by atoms with Crippen molar-refractivity contribution in [2.24, 2.45) is 5.16 Å². The van der Waals surface area contributed by atoms with Crippen LogP contribution in [-0.4, -0.2) is 27.8 Å². The summed E-state index contributed by atoms with van der Waals surface area (Å²) in [7, 11) is 0. The number of fused-ring (bicyclic) bond motifs is 1. The number of hydrogen-bond donors (Lipinski definition) is 3. The maximum absolute atomic E-state index is 12.9. The monoisotopic (exact) mass is 389 g/mol. The van der Waals surface area contributed by atoms with Crippen molar-refractivity contribution in [3.05, 3.63) is 71.4 Å². The Balaban J connectivity index is 1.42. The normalized spacial score (nSPS) is 19.6. The summed E-state index contributed by atoms with van der Waals surface area (Å²) in [5.41, 5.74) is 3.67. The van der Waals surface area contributed by atoms with E-state index < -0.39 is 18.4 Å². The number of halogens is 3. The zero-order valence-corrected chi connectivity index (χ0v) is 14.8. The van der Waals surface area contributed by atoms with Gasteiger partial charge >= 0.3 is 12.0 Å². The SMILES string of the molecule is OC1(C(F)(F)F)CC(c2cccc(CNCc3cccc4[nH]ccc34)c2)=NO1. The molecule has 1 atom stereocenters. The fraction of sp³-hybridized carbons (Fsp3) is 0.250. The lowest BCUT2D eigenvalue weighted by atomic mass is 10.0. The maximum Gasteiger partial charge on any atom is 0.458 e. The molecule has 0 bridgehead atoms. The maximum atomic E-state index is 12.9. The van der Waals surface area contributed by atoms with Gasteiger partial charge in [-0.15, -0.1) is 0 Å². The Morgan fingerprint density at radius 1 is 1.14 bits per heavy atom. The van der Waals surface area contributed by atoms with Gasteiger partial charge in [0.25, 0.3) is 0 Å². The molecule has 4 rings (SSSR count). The summed E-state index contributed by atoms with van der Waals surface area (Å²) in [4.78, 5) is 7.45. The van der Waals surface area contributed by atoms with E-state index in [9.17, 15) is 18.3 Å². The number of H-pyrrole nitrogens is 1. The van der Waals surface area contributed by atoms with E-state index >= 15 is 0 Å². The van der Waals surface area contributed by atoms with Crippen molar-refractivity contribution in [2.75, 3.05) is 0 Å². The number of oxime groups is 1. The summed E-state index contributed by atoms with van der Waals surface area (Å²) in [6, 6.07) is 15.1. The molecule has 1 unspecified atom stereocenters. The van der Waals surface area contributed by atoms with E-state index in [4.69, 9.17) is 0 Å². The highest BCUT2D eigenvalue weighted by Gasteiger charge is 2.60. The van der Waals surface area contributed by atoms with Gasteiger partial charge in [0.15, 0.2) is 0 Å². The molecule has 28 heavy (non-hydrogen) atoms. The van der Waals surface area contributed by atoms with Gasteiger partial charge < -0.3 is 20.2 Å². The zero-order valence-electron chi connectivity index (χ0n) is 14.8. The Labute approximate surface area is 158 Å². The van der Waals surface area contributed by atoms with E-state index in [2.05, 4.69) is 20.3 Å². The molecule has 5 nitrogen and oxygen atoms in total. The molecule has 1 aromatic heterocycles. The van der Waals surface area contributed by atoms with Crippen LogP contribution < -0.4 is 5.32 Å². The van der Waals surface area contributed by atoms with Crippen molar-refractivity contribution < 1.29 is 23.1 Å². The largest absolute Gasteiger partial charge is 0.458 e. The first-order chi connectivity index (χ1) is 13.4. The van der Waals surface area contributed by atoms with Crippen molar-refractivity contribution in [3.8, 4) is 0 Å². The summed E-state index contributed by atoms with van der Waals surface area (Å²) in [5, 5.41) is 17.5. The summed E-state index contributed by atoms with van der Waals surface area (Å²) >= 11 is 0. The Morgan fingerprint density at radius 2 is 1.96 bits per heavy atom. The summed E-state index contributed by atoms with van der Waals surface area (Å²) in [6.07, 6.45) is -3.75. The molecule has 0 fully saturated rings. The molecule has 8 heteroatoms. The van der Waals surface area contributed by atoms with Crippen LogP contribution in [-0.2, 0) is 17.9 Å². The second-order valence-corrected chi connectivity index (χ2v) is 6.75. The molecule has 0 radical (unpaired) electrons. The average Bonchev–Trinajstić information content (AvgIpc) is 3.29. The second kappa shape index (κ2) is 6.96. The van der Waals surface area contributed by atoms with Crippen LogP contribution >= 0.6 is 0 Å². The fourth-order valence-corrected chi connectivity index (χ4v) is 3.24. The van der Waals surface area contributed by atoms with Gasteiger partial charge in [-0.1, -0.05) is 35.5 Å². The lowest BCUT2D eigenvalue weighted by molar-refractivity contribution is -0.355. The van der Waals surface area contributed by atoms with Crippen LogP contribution in [0, 0.1) is 0 Å². The number of aliphatic hydroxyl groups is 1. The van der Waals surface area contributed by atoms with Crippen molar-refractivity contribution in [1.82, 2.24) is 10.3 Å². The summed E-state index contributed by atoms with van der Waals surface area (Å²) < 4.78 is 38.6. The summed E-state index contributed by atoms with van der Waals surface area (Å²) in [6.45, 7) is 1.18. The number of hydrogen-bond acceptors (Lipinski definition) is 4. The quantitative estimate of drug-likeness (QED) is 0.621. The number of nitrogens with zero attached hydrogens (tertiary/aromatic N) is 1. The zero-order chi connectivity index (χ0) is 19.8. The number of rotatable bonds is 5. The Hall–Kier alpha value is -2.84. The van der Waals surface area contributed by atoms with Gasteiger partial charge in [-0.05, 0) is 34.9 Å². The highest BCUT2D eigenvalue weighted by Crippen LogP contribution is 2.38. The van der Waals surface area contributed by atoms with Gasteiger partial charge in [-0.25, -0.2) is 0 Å². The van der Waals surface area contributed by atoms with E-state index in [1.165, 1.54) is 0 Å². The molecule has 1 aliphatic heterocycles. The number of alkyl halides is 3. The predicted octanol–water partition coefficient (Wildman–Crippen LogP) is 3.83. The molecular formula is C20H18F3N3O2. The third-order valence-corrected chi connectivity index (χ3v) is 4.75. The molecule has 0 spiro atoms. The van der Waals surface area contributed by atoms with Gasteiger partial charge in [-0.3, -0.25) is 0 Å². The highest BCUT2D eigenvalue weighted by molar-refractivity contribution is 6.01. The predicted molar refractivity (Wildman–Crippen MR) is 98.5 cm³/mol. The molecule has 3 N–H and O–H groups in total. The first-order valence-electron chi connectivity index (χ1n) is 8.75. The number of aromatic nitrogens is 1. The van der Waals surface area contributed by atoms with Gasteiger partial charge in [0.1, 0.15) is 0 Å². The molecule has 0 saturated heterocycles. The topological polar surface area (TPSA) is 69.6 Å². The molecule has 0 amide bonds. The Bertz CT molecular complexity index is 1030. The van der Waals surface area contributed by atoms with E-state index in [-0.39, 0.29) is 5.71 Å². The van der Waals surface area contributed by atoms with Crippen molar-refractivity contribution >= 4 is 16.6 Å². The van der Waals surface area contributed by atoms with Crippen LogP contribution in [0.5, 0.6) is 0 Å². The van der Waals surface area contributed by atoms with Gasteiger partial charge in [-0.2, -0.15) is 13.2 Å². The molecule has 146 valence electrons. The number of nitrogens with one attached hydrogen (secondary N) is 2. The minimum atomic E-state index is -4.91. The van der Waals surface area contributed by atoms with E-state index in [1.54, 1.807) is 18.2 Å². The molecule has 3 aromatic rings. The van der Waals surface area contributed by atoms with Gasteiger partial charge in [0.2, 0.25) is 0 Å². The minimum Gasteiger partial charge on any atom is -0.361 e. The van der Waals surface area contributed by atoms with Crippen LogP contribution in [0.25, 0.3) is 10.9 Å². The molecular weight excluding hydrogens is 371 g/mol. The minimum absolute atomic E-state index is 0.0683. The lowest BCUT2D eigenvalue weighted by Gasteiger charge is -2.22. The van der Waals surface area contributed by atoms with E-state index in [1.807, 2.05) is 36.5 Å². The molecule has 2 heterocycles. The second-order valence-electron chi connectivity index (χ2n) is 6.75. The molecule has 0 saturated carbocycles. The van der Waals surface area contributed by atoms with E-state index in [0.717, 1.165) is 22.0 Å². The van der Waals surface area contributed by atoms with Crippen LogP contribution in [0.1, 0.15) is 23.1 Å². The molecule has 1 aliphatic rings. The number of benzene rings is 2. The van der Waals surface area contributed by atoms with Gasteiger partial charge in [0.05, 0.1) is 12.1 Å². The smallest absolute Gasteiger partial charge is 0.361 e. The Kier molecular flexibility index (Phi) is 4.60. The first-order valence-corrected chi connectivity index (χ1v) is 8.75. The third-order valence-electron chi connectivity index (χ3n) is 4.75. The van der Waals surface area contributed by atoms with Crippen LogP contribution in [0.3, 0.4) is 0 Å². The van der Waals surface area contributed by atoms with Crippen LogP contribution in [0.15, 0.2) is 59.9 Å². The van der Waals surface area contributed by atoms with Gasteiger partial charge in [0, 0.05) is 30.2 Å². The van der Waals surface area contributed by atoms with Crippen LogP contribution in [0.2, 0.25) is 0 Å². The fourth-order valence-electron chi connectivity index (χ4n) is 3.24. The first kappa shape index (κ1) is 18.5. The third kappa shape index (κ3) is 3.48. The van der Waals surface area contributed by atoms with Crippen molar-refractivity contribution in [3.63, 3.8) is 0 Å². The highest BCUT2D eigenvalue weighted by atomic mass is 19.4. The van der Waals surface area contributed by atoms with Crippen LogP contribution in [0.4, 0.5) is 13.2 Å². The van der Waals surface area contributed by atoms with Crippen molar-refractivity contribution in [1.29, 1.82) is 0 Å². The number of aromatic amines is 1. The Morgan fingerprint density at radius 3 is 2.75 bits per heavy atom. The standard InChI is InChI=1S/C20H18F3N3O2/c21-20(22,23)19(27)10-18(26-28-19)14-4-1-3-13(9-14)11-24-12-15-5-2-6-17-16(15)7-8-25-17/h1-9,24-25,27H,10-12H2. The average molecular weight is 389 g/mol. The van der Waals surface area contributed by atoms with Crippen molar-refractivity contribution in [2.45, 2.75) is 31.5 Å². The molecule has 2 aromatic carbocycles. The molecule has 0 aliphatic carbocycles.